The molecule has 0 saturated heterocycles. The lowest BCUT2D eigenvalue weighted by molar-refractivity contribution is 0.412. The number of hydrogen-bond acceptors (Lipinski definition) is 2. The van der Waals surface area contributed by atoms with E-state index in [1.54, 1.807) is 7.11 Å². The van der Waals surface area contributed by atoms with Crippen LogP contribution in [0.15, 0.2) is 18.2 Å². The summed E-state index contributed by atoms with van der Waals surface area (Å²) >= 11 is 0. The van der Waals surface area contributed by atoms with Crippen LogP contribution in [0, 0.1) is 17.2 Å². The van der Waals surface area contributed by atoms with Crippen molar-refractivity contribution in [3.8, 4) is 11.8 Å². The Bertz CT molecular complexity index is 350. The van der Waals surface area contributed by atoms with E-state index in [-0.39, 0.29) is 0 Å². The Morgan fingerprint density at radius 1 is 1.43 bits per heavy atom. The first-order valence-electron chi connectivity index (χ1n) is 4.74. The molecular weight excluding hydrogens is 174 g/mol. The molecule has 0 saturated carbocycles. The van der Waals surface area contributed by atoms with Crippen molar-refractivity contribution in [2.45, 2.75) is 20.3 Å². The van der Waals surface area contributed by atoms with Gasteiger partial charge in [-0.15, -0.1) is 0 Å². The number of methoxy groups -OCH3 is 1. The zero-order valence-corrected chi connectivity index (χ0v) is 8.87. The second kappa shape index (κ2) is 4.66. The minimum absolute atomic E-state index is 0.597. The molecule has 1 aromatic carbocycles. The van der Waals surface area contributed by atoms with E-state index in [0.717, 1.165) is 6.42 Å². The zero-order valence-electron chi connectivity index (χ0n) is 8.87. The van der Waals surface area contributed by atoms with Crippen molar-refractivity contribution in [2.24, 2.45) is 5.92 Å². The van der Waals surface area contributed by atoms with Crippen LogP contribution in [0.3, 0.4) is 0 Å². The van der Waals surface area contributed by atoms with Gasteiger partial charge in [0.25, 0.3) is 0 Å². The highest BCUT2D eigenvalue weighted by atomic mass is 16.5. The lowest BCUT2D eigenvalue weighted by Crippen LogP contribution is -1.96. The van der Waals surface area contributed by atoms with Gasteiger partial charge in [-0.2, -0.15) is 5.26 Å². The molecule has 2 nitrogen and oxygen atoms in total. The monoisotopic (exact) mass is 189 g/mol. The molecule has 0 atom stereocenters. The van der Waals surface area contributed by atoms with Crippen molar-refractivity contribution in [3.63, 3.8) is 0 Å². The smallest absolute Gasteiger partial charge is 0.136 e. The fourth-order valence-electron chi connectivity index (χ4n) is 1.43. The van der Waals surface area contributed by atoms with Crippen LogP contribution in [0.2, 0.25) is 0 Å². The summed E-state index contributed by atoms with van der Waals surface area (Å²) in [5.74, 6) is 1.29. The fourth-order valence-corrected chi connectivity index (χ4v) is 1.43. The maximum absolute atomic E-state index is 8.79. The maximum Gasteiger partial charge on any atom is 0.136 e. The zero-order chi connectivity index (χ0) is 10.6. The third-order valence-corrected chi connectivity index (χ3v) is 2.03. The van der Waals surface area contributed by atoms with Crippen LogP contribution in [0.25, 0.3) is 0 Å². The average Bonchev–Trinajstić information content (AvgIpc) is 2.16. The first-order valence-corrected chi connectivity index (χ1v) is 4.74. The molecule has 74 valence electrons. The predicted molar refractivity (Wildman–Crippen MR) is 56.3 cm³/mol. The van der Waals surface area contributed by atoms with Crippen LogP contribution in [-0.4, -0.2) is 7.11 Å². The Hall–Kier alpha value is -1.49. The topological polar surface area (TPSA) is 33.0 Å². The molecule has 0 aliphatic rings. The van der Waals surface area contributed by atoms with Crippen molar-refractivity contribution in [1.82, 2.24) is 0 Å². The molecule has 2 heteroatoms. The van der Waals surface area contributed by atoms with Gasteiger partial charge in [0.15, 0.2) is 0 Å². The van der Waals surface area contributed by atoms with Crippen LogP contribution in [0.4, 0.5) is 0 Å². The van der Waals surface area contributed by atoms with E-state index >= 15 is 0 Å². The number of rotatable bonds is 3. The fraction of sp³-hybridized carbons (Fsp3) is 0.417. The summed E-state index contributed by atoms with van der Waals surface area (Å²) in [5, 5.41) is 8.79. The van der Waals surface area contributed by atoms with E-state index in [9.17, 15) is 0 Å². The van der Waals surface area contributed by atoms with Gasteiger partial charge in [0.05, 0.1) is 12.7 Å². The van der Waals surface area contributed by atoms with Crippen molar-refractivity contribution in [3.05, 3.63) is 29.3 Å². The summed E-state index contributed by atoms with van der Waals surface area (Å²) in [4.78, 5) is 0. The number of ether oxygens (including phenoxy) is 1. The van der Waals surface area contributed by atoms with Gasteiger partial charge in [-0.1, -0.05) is 19.9 Å². The Morgan fingerprint density at radius 2 is 2.14 bits per heavy atom. The first kappa shape index (κ1) is 10.6. The van der Waals surface area contributed by atoms with Gasteiger partial charge in [0.1, 0.15) is 11.8 Å². The third kappa shape index (κ3) is 2.50. The Kier molecular flexibility index (Phi) is 3.53. The Balaban J connectivity index is 2.97. The molecule has 0 fully saturated rings. The SMILES string of the molecule is COc1cc(CC(C)C)ccc1C#N. The number of nitriles is 1. The molecule has 0 radical (unpaired) electrons. The Labute approximate surface area is 85.1 Å². The molecule has 1 aromatic rings. The average molecular weight is 189 g/mol. The summed E-state index contributed by atoms with van der Waals surface area (Å²) in [6.45, 7) is 4.34. The molecule has 0 aromatic heterocycles. The largest absolute Gasteiger partial charge is 0.495 e. The maximum atomic E-state index is 8.79. The summed E-state index contributed by atoms with van der Waals surface area (Å²) in [7, 11) is 1.59. The van der Waals surface area contributed by atoms with Crippen LogP contribution < -0.4 is 4.74 Å². The van der Waals surface area contributed by atoms with Gasteiger partial charge in [-0.25, -0.2) is 0 Å². The quantitative estimate of drug-likeness (QED) is 0.732. The molecule has 0 N–H and O–H groups in total. The van der Waals surface area contributed by atoms with Crippen LogP contribution in [0.5, 0.6) is 5.75 Å². The van der Waals surface area contributed by atoms with Crippen molar-refractivity contribution in [2.75, 3.05) is 7.11 Å². The molecule has 1 rings (SSSR count). The molecule has 0 unspecified atom stereocenters. The molecular formula is C12H15NO. The van der Waals surface area contributed by atoms with Crippen molar-refractivity contribution >= 4 is 0 Å². The van der Waals surface area contributed by atoms with Crippen LogP contribution in [0.1, 0.15) is 25.0 Å². The number of nitrogens with zero attached hydrogens (tertiary/aromatic N) is 1. The van der Waals surface area contributed by atoms with Gasteiger partial charge in [0, 0.05) is 0 Å². The van der Waals surface area contributed by atoms with Gasteiger partial charge in [0.2, 0.25) is 0 Å². The summed E-state index contributed by atoms with van der Waals surface area (Å²) in [6, 6.07) is 7.85. The standard InChI is InChI=1S/C12H15NO/c1-9(2)6-10-4-5-11(8-13)12(7-10)14-3/h4-5,7,9H,6H2,1-3H3. The van der Waals surface area contributed by atoms with Crippen molar-refractivity contribution < 1.29 is 4.74 Å². The first-order chi connectivity index (χ1) is 6.67. The minimum Gasteiger partial charge on any atom is -0.495 e. The highest BCUT2D eigenvalue weighted by Gasteiger charge is 2.04. The molecule has 14 heavy (non-hydrogen) atoms. The van der Waals surface area contributed by atoms with Crippen LogP contribution in [-0.2, 0) is 6.42 Å². The molecule has 0 aliphatic carbocycles. The van der Waals surface area contributed by atoms with Gasteiger partial charge >= 0.3 is 0 Å². The molecule has 0 amide bonds. The van der Waals surface area contributed by atoms with Gasteiger partial charge < -0.3 is 4.74 Å². The van der Waals surface area contributed by atoms with E-state index in [1.165, 1.54) is 5.56 Å². The van der Waals surface area contributed by atoms with E-state index in [4.69, 9.17) is 10.00 Å². The lowest BCUT2D eigenvalue weighted by atomic mass is 10.0. The van der Waals surface area contributed by atoms with Gasteiger partial charge in [-0.3, -0.25) is 0 Å². The minimum atomic E-state index is 0.597. The normalized spacial score (nSPS) is 9.93. The van der Waals surface area contributed by atoms with E-state index < -0.39 is 0 Å². The van der Waals surface area contributed by atoms with Gasteiger partial charge in [-0.05, 0) is 30.0 Å². The second-order valence-corrected chi connectivity index (χ2v) is 3.74. The highest BCUT2D eigenvalue weighted by molar-refractivity contribution is 5.45. The molecule has 0 heterocycles. The van der Waals surface area contributed by atoms with E-state index in [2.05, 4.69) is 19.9 Å². The molecule has 0 aliphatic heterocycles. The third-order valence-electron chi connectivity index (χ3n) is 2.03. The summed E-state index contributed by atoms with van der Waals surface area (Å²) in [5.41, 5.74) is 1.82. The van der Waals surface area contributed by atoms with Crippen molar-refractivity contribution in [1.29, 1.82) is 5.26 Å². The summed E-state index contributed by atoms with van der Waals surface area (Å²) < 4.78 is 5.14. The molecule has 0 bridgehead atoms. The Morgan fingerprint density at radius 3 is 2.64 bits per heavy atom. The highest BCUT2D eigenvalue weighted by Crippen LogP contribution is 2.20. The van der Waals surface area contributed by atoms with E-state index in [0.29, 0.717) is 17.2 Å². The lowest BCUT2D eigenvalue weighted by Gasteiger charge is -2.08. The molecule has 0 spiro atoms. The number of benzene rings is 1. The van der Waals surface area contributed by atoms with E-state index in [1.807, 2.05) is 18.2 Å². The predicted octanol–water partition coefficient (Wildman–Crippen LogP) is 2.77. The second-order valence-electron chi connectivity index (χ2n) is 3.74. The number of hydrogen-bond donors (Lipinski definition) is 0. The summed E-state index contributed by atoms with van der Waals surface area (Å²) in [6.07, 6.45) is 1.02. The van der Waals surface area contributed by atoms with Crippen LogP contribution >= 0.6 is 0 Å².